The van der Waals surface area contributed by atoms with Crippen LogP contribution in [0.25, 0.3) is 0 Å². The van der Waals surface area contributed by atoms with Crippen molar-refractivity contribution >= 4 is 11.7 Å². The molecule has 5 N–H and O–H groups in total. The summed E-state index contributed by atoms with van der Waals surface area (Å²) in [5, 5.41) is 13.1. The second kappa shape index (κ2) is 4.32. The average Bonchev–Trinajstić information content (AvgIpc) is 2.78. The molecule has 1 heterocycles. The molecule has 0 unspecified atom stereocenters. The van der Waals surface area contributed by atoms with Crippen molar-refractivity contribution < 1.29 is 0 Å². The highest BCUT2D eigenvalue weighted by molar-refractivity contribution is 6.03. The van der Waals surface area contributed by atoms with E-state index in [0.29, 0.717) is 13.1 Å². The van der Waals surface area contributed by atoms with Crippen LogP contribution in [0.5, 0.6) is 0 Å². The van der Waals surface area contributed by atoms with E-state index in [1.807, 2.05) is 24.3 Å². The van der Waals surface area contributed by atoms with Gasteiger partial charge in [0.2, 0.25) is 5.96 Å². The summed E-state index contributed by atoms with van der Waals surface area (Å²) in [5.74, 6) is -0.0137. The molecular weight excluding hydrogens is 202 g/mol. The molecule has 0 amide bonds. The number of benzene rings is 1. The number of rotatable bonds is 2. The molecule has 0 aliphatic carbocycles. The minimum absolute atomic E-state index is 0.0137. The fourth-order valence-corrected chi connectivity index (χ4v) is 1.80. The molecule has 1 aromatic carbocycles. The third kappa shape index (κ3) is 1.90. The van der Waals surface area contributed by atoms with E-state index in [2.05, 4.69) is 5.10 Å². The van der Waals surface area contributed by atoms with Crippen molar-refractivity contribution in [3.8, 4) is 0 Å². The highest BCUT2D eigenvalue weighted by Gasteiger charge is 2.18. The zero-order chi connectivity index (χ0) is 11.5. The number of nitrogens with zero attached hydrogens (tertiary/aromatic N) is 2. The van der Waals surface area contributed by atoms with E-state index in [0.717, 1.165) is 23.3 Å². The van der Waals surface area contributed by atoms with Gasteiger partial charge in [0, 0.05) is 18.5 Å². The summed E-state index contributed by atoms with van der Waals surface area (Å²) in [6.07, 6.45) is 0.802. The first kappa shape index (κ1) is 10.6. The highest BCUT2D eigenvalue weighted by Crippen LogP contribution is 2.16. The summed E-state index contributed by atoms with van der Waals surface area (Å²) in [7, 11) is 0. The Balaban J connectivity index is 2.32. The van der Waals surface area contributed by atoms with E-state index >= 15 is 0 Å². The van der Waals surface area contributed by atoms with Gasteiger partial charge >= 0.3 is 0 Å². The monoisotopic (exact) mass is 217 g/mol. The van der Waals surface area contributed by atoms with Gasteiger partial charge in [-0.25, -0.2) is 5.01 Å². The fraction of sp³-hybridized carbons (Fsp3) is 0.273. The molecule has 0 saturated heterocycles. The van der Waals surface area contributed by atoms with Gasteiger partial charge in [-0.2, -0.15) is 5.10 Å². The summed E-state index contributed by atoms with van der Waals surface area (Å²) in [5.41, 5.74) is 14.2. The van der Waals surface area contributed by atoms with Gasteiger partial charge in [0.1, 0.15) is 0 Å². The molecule has 1 aromatic rings. The van der Waals surface area contributed by atoms with Gasteiger partial charge in [0.15, 0.2) is 0 Å². The molecular formula is C11H15N5. The minimum Gasteiger partial charge on any atom is -0.369 e. The first-order valence-corrected chi connectivity index (χ1v) is 5.19. The summed E-state index contributed by atoms with van der Waals surface area (Å²) >= 11 is 0. The normalized spacial score (nSPS) is 15.1. The first-order valence-electron chi connectivity index (χ1n) is 5.19. The smallest absolute Gasteiger partial charge is 0.209 e. The lowest BCUT2D eigenvalue weighted by Gasteiger charge is -2.08. The molecule has 0 radical (unpaired) electrons. The quantitative estimate of drug-likeness (QED) is 0.496. The third-order valence-corrected chi connectivity index (χ3v) is 2.63. The van der Waals surface area contributed by atoms with Gasteiger partial charge < -0.3 is 11.5 Å². The molecule has 1 aliphatic heterocycles. The van der Waals surface area contributed by atoms with Crippen molar-refractivity contribution in [2.45, 2.75) is 13.0 Å². The second-order valence-electron chi connectivity index (χ2n) is 3.67. The molecule has 0 saturated carbocycles. The van der Waals surface area contributed by atoms with Crippen molar-refractivity contribution in [2.24, 2.45) is 16.6 Å². The zero-order valence-electron chi connectivity index (χ0n) is 8.98. The van der Waals surface area contributed by atoms with Crippen LogP contribution in [0.2, 0.25) is 0 Å². The van der Waals surface area contributed by atoms with E-state index in [1.165, 1.54) is 5.01 Å². The van der Waals surface area contributed by atoms with Crippen LogP contribution in [0.1, 0.15) is 17.5 Å². The van der Waals surface area contributed by atoms with Crippen molar-refractivity contribution in [1.29, 1.82) is 5.41 Å². The predicted molar refractivity (Wildman–Crippen MR) is 64.1 cm³/mol. The Hall–Kier alpha value is -1.88. The Bertz CT molecular complexity index is 438. The lowest BCUT2D eigenvalue weighted by atomic mass is 10.0. The van der Waals surface area contributed by atoms with Crippen LogP contribution in [-0.2, 0) is 6.54 Å². The molecule has 16 heavy (non-hydrogen) atoms. The summed E-state index contributed by atoms with van der Waals surface area (Å²) in [6.45, 7) is 1.17. The van der Waals surface area contributed by atoms with E-state index in [9.17, 15) is 0 Å². The van der Waals surface area contributed by atoms with Gasteiger partial charge in [0.25, 0.3) is 0 Å². The van der Waals surface area contributed by atoms with Crippen LogP contribution < -0.4 is 11.5 Å². The maximum absolute atomic E-state index is 7.31. The predicted octanol–water partition coefficient (Wildman–Crippen LogP) is 0.449. The van der Waals surface area contributed by atoms with Gasteiger partial charge in [-0.15, -0.1) is 0 Å². The molecule has 5 heteroatoms. The van der Waals surface area contributed by atoms with E-state index < -0.39 is 0 Å². The van der Waals surface area contributed by atoms with Crippen LogP contribution in [0.3, 0.4) is 0 Å². The largest absolute Gasteiger partial charge is 0.369 e. The van der Waals surface area contributed by atoms with Gasteiger partial charge in [-0.05, 0) is 5.56 Å². The molecule has 0 atom stereocenters. The van der Waals surface area contributed by atoms with E-state index in [-0.39, 0.29) is 5.96 Å². The van der Waals surface area contributed by atoms with Crippen LogP contribution in [0, 0.1) is 5.41 Å². The number of hydrogen-bond donors (Lipinski definition) is 3. The van der Waals surface area contributed by atoms with Crippen LogP contribution in [-0.4, -0.2) is 23.2 Å². The molecule has 0 spiro atoms. The molecule has 0 aromatic heterocycles. The lowest BCUT2D eigenvalue weighted by molar-refractivity contribution is 0.482. The maximum Gasteiger partial charge on any atom is 0.209 e. The molecule has 5 nitrogen and oxygen atoms in total. The number of guanidine groups is 1. The Labute approximate surface area is 94.2 Å². The first-order chi connectivity index (χ1) is 7.72. The van der Waals surface area contributed by atoms with Crippen molar-refractivity contribution in [3.05, 3.63) is 35.4 Å². The van der Waals surface area contributed by atoms with Crippen LogP contribution in [0.4, 0.5) is 0 Å². The third-order valence-electron chi connectivity index (χ3n) is 2.63. The number of nitrogens with one attached hydrogen (secondary N) is 1. The van der Waals surface area contributed by atoms with Crippen molar-refractivity contribution in [2.75, 3.05) is 6.54 Å². The van der Waals surface area contributed by atoms with Gasteiger partial charge in [0.05, 0.1) is 12.3 Å². The SMILES string of the molecule is N=C(N)N1CCC(c2ccccc2CN)=N1. The van der Waals surface area contributed by atoms with E-state index in [1.54, 1.807) is 0 Å². The van der Waals surface area contributed by atoms with Crippen molar-refractivity contribution in [3.63, 3.8) is 0 Å². The van der Waals surface area contributed by atoms with Crippen molar-refractivity contribution in [1.82, 2.24) is 5.01 Å². The Morgan fingerprint density at radius 2 is 2.19 bits per heavy atom. The zero-order valence-corrected chi connectivity index (χ0v) is 8.98. The molecule has 84 valence electrons. The molecule has 0 fully saturated rings. The minimum atomic E-state index is -0.0137. The summed E-state index contributed by atoms with van der Waals surface area (Å²) < 4.78 is 0. The Morgan fingerprint density at radius 1 is 1.44 bits per heavy atom. The summed E-state index contributed by atoms with van der Waals surface area (Å²) in [6, 6.07) is 7.93. The highest BCUT2D eigenvalue weighted by atomic mass is 15.5. The fourth-order valence-electron chi connectivity index (χ4n) is 1.80. The second-order valence-corrected chi connectivity index (χ2v) is 3.67. The lowest BCUT2D eigenvalue weighted by Crippen LogP contribution is -2.29. The van der Waals surface area contributed by atoms with Crippen LogP contribution >= 0.6 is 0 Å². The number of hydrogen-bond acceptors (Lipinski definition) is 3. The molecule has 0 bridgehead atoms. The standard InChI is InChI=1S/C11H15N5/c12-7-8-3-1-2-4-9(8)10-5-6-16(15-10)11(13)14/h1-4H,5-7,12H2,(H3,13,14). The summed E-state index contributed by atoms with van der Waals surface area (Å²) in [4.78, 5) is 0. The maximum atomic E-state index is 7.31. The topological polar surface area (TPSA) is 91.5 Å². The van der Waals surface area contributed by atoms with Gasteiger partial charge in [-0.3, -0.25) is 5.41 Å². The molecule has 2 rings (SSSR count). The van der Waals surface area contributed by atoms with Gasteiger partial charge in [-0.1, -0.05) is 24.3 Å². The Kier molecular flexibility index (Phi) is 2.87. The Morgan fingerprint density at radius 3 is 2.81 bits per heavy atom. The average molecular weight is 217 g/mol. The molecule has 1 aliphatic rings. The number of nitrogens with two attached hydrogens (primary N) is 2. The van der Waals surface area contributed by atoms with Crippen LogP contribution in [0.15, 0.2) is 29.4 Å². The number of hydrazone groups is 1. The van der Waals surface area contributed by atoms with E-state index in [4.69, 9.17) is 16.9 Å².